The summed E-state index contributed by atoms with van der Waals surface area (Å²) in [6, 6.07) is 0. The lowest BCUT2D eigenvalue weighted by Crippen LogP contribution is -2.55. The fraction of sp³-hybridized carbons (Fsp3) is 0.905. The van der Waals surface area contributed by atoms with Gasteiger partial charge >= 0.3 is 11.9 Å². The van der Waals surface area contributed by atoms with Crippen LogP contribution in [0.5, 0.6) is 0 Å². The molecule has 2 atom stereocenters. The lowest BCUT2D eigenvalue weighted by atomic mass is 9.83. The van der Waals surface area contributed by atoms with Gasteiger partial charge in [-0.1, -0.05) is 97.3 Å². The number of rotatable bonds is 19. The minimum atomic E-state index is -5.10. The first kappa shape index (κ1) is 27.8. The summed E-state index contributed by atoms with van der Waals surface area (Å²) < 4.78 is 31.2. The van der Waals surface area contributed by atoms with Gasteiger partial charge in [0.05, 0.1) is 5.92 Å². The molecule has 0 rings (SSSR count). The van der Waals surface area contributed by atoms with Crippen LogP contribution in [0.3, 0.4) is 0 Å². The standard InChI is InChI=1S/C21H40O7S/c1-3-5-7-8-9-10-11-12-13-15-17-21(20(24)25,29(26,27)28)18(19(22)23)16-14-6-4-2/h18H,3-17H2,1-2H3,(H,22,23)(H,24,25)(H,26,27,28). The summed E-state index contributed by atoms with van der Waals surface area (Å²) >= 11 is 0. The second-order valence-electron chi connectivity index (χ2n) is 7.99. The average molecular weight is 437 g/mol. The van der Waals surface area contributed by atoms with Gasteiger partial charge in [0.25, 0.3) is 10.1 Å². The van der Waals surface area contributed by atoms with Crippen molar-refractivity contribution in [1.82, 2.24) is 0 Å². The molecule has 0 aliphatic rings. The van der Waals surface area contributed by atoms with E-state index in [0.717, 1.165) is 32.1 Å². The molecule has 2 unspecified atom stereocenters. The van der Waals surface area contributed by atoms with E-state index < -0.39 is 32.7 Å². The molecule has 0 bridgehead atoms. The zero-order chi connectivity index (χ0) is 22.3. The average Bonchev–Trinajstić information content (AvgIpc) is 2.62. The lowest BCUT2D eigenvalue weighted by molar-refractivity contribution is -0.152. The highest BCUT2D eigenvalue weighted by Crippen LogP contribution is 2.36. The third-order valence-corrected chi connectivity index (χ3v) is 7.27. The quantitative estimate of drug-likeness (QED) is 0.185. The number of carboxylic acid groups (broad SMARTS) is 2. The van der Waals surface area contributed by atoms with E-state index in [1.807, 2.05) is 6.92 Å². The molecule has 0 amide bonds. The van der Waals surface area contributed by atoms with Crippen molar-refractivity contribution in [3.05, 3.63) is 0 Å². The van der Waals surface area contributed by atoms with Crippen molar-refractivity contribution in [3.63, 3.8) is 0 Å². The van der Waals surface area contributed by atoms with Gasteiger partial charge in [0.2, 0.25) is 4.75 Å². The first-order valence-electron chi connectivity index (χ1n) is 11.1. The Morgan fingerprint density at radius 1 is 0.759 bits per heavy atom. The fourth-order valence-electron chi connectivity index (χ4n) is 3.88. The lowest BCUT2D eigenvalue weighted by Gasteiger charge is -2.32. The smallest absolute Gasteiger partial charge is 0.328 e. The zero-order valence-electron chi connectivity index (χ0n) is 18.1. The SMILES string of the molecule is CCCCCCCCCCCCC(C(=O)O)(C(CCCCC)C(=O)O)S(=O)(=O)O. The fourth-order valence-corrected chi connectivity index (χ4v) is 5.08. The molecule has 0 aromatic carbocycles. The predicted molar refractivity (Wildman–Crippen MR) is 114 cm³/mol. The minimum Gasteiger partial charge on any atom is -0.481 e. The van der Waals surface area contributed by atoms with Gasteiger partial charge < -0.3 is 10.2 Å². The topological polar surface area (TPSA) is 129 Å². The van der Waals surface area contributed by atoms with Crippen molar-refractivity contribution >= 4 is 22.1 Å². The van der Waals surface area contributed by atoms with E-state index in [9.17, 15) is 32.8 Å². The molecular weight excluding hydrogens is 396 g/mol. The summed E-state index contributed by atoms with van der Waals surface area (Å²) in [7, 11) is -5.10. The molecule has 0 fully saturated rings. The van der Waals surface area contributed by atoms with Crippen molar-refractivity contribution in [2.45, 2.75) is 115 Å². The molecule has 3 N–H and O–H groups in total. The van der Waals surface area contributed by atoms with Gasteiger partial charge in [-0.3, -0.25) is 14.1 Å². The Bertz CT molecular complexity index is 574. The predicted octanol–water partition coefficient (Wildman–Crippen LogP) is 5.29. The van der Waals surface area contributed by atoms with Crippen LogP contribution < -0.4 is 0 Å². The molecule has 0 aliphatic carbocycles. The van der Waals surface area contributed by atoms with E-state index in [2.05, 4.69) is 6.92 Å². The van der Waals surface area contributed by atoms with Crippen molar-refractivity contribution < 1.29 is 32.8 Å². The monoisotopic (exact) mass is 436 g/mol. The maximum Gasteiger partial charge on any atom is 0.328 e. The van der Waals surface area contributed by atoms with Gasteiger partial charge in [-0.15, -0.1) is 0 Å². The van der Waals surface area contributed by atoms with Gasteiger partial charge in [0.1, 0.15) is 0 Å². The maximum absolute atomic E-state index is 12.1. The van der Waals surface area contributed by atoms with E-state index in [-0.39, 0.29) is 19.3 Å². The molecule has 7 nitrogen and oxygen atoms in total. The van der Waals surface area contributed by atoms with Crippen LogP contribution >= 0.6 is 0 Å². The van der Waals surface area contributed by atoms with Crippen molar-refractivity contribution in [2.24, 2.45) is 5.92 Å². The normalized spacial score (nSPS) is 15.0. The summed E-state index contributed by atoms with van der Waals surface area (Å²) in [6.45, 7) is 4.08. The van der Waals surface area contributed by atoms with E-state index in [1.165, 1.54) is 25.7 Å². The van der Waals surface area contributed by atoms with Crippen molar-refractivity contribution in [3.8, 4) is 0 Å². The Hall–Kier alpha value is -1.15. The van der Waals surface area contributed by atoms with Crippen LogP contribution in [0.15, 0.2) is 0 Å². The number of hydrogen-bond donors (Lipinski definition) is 3. The maximum atomic E-state index is 12.1. The second kappa shape index (κ2) is 14.8. The van der Waals surface area contributed by atoms with Crippen molar-refractivity contribution in [2.75, 3.05) is 0 Å². The Morgan fingerprint density at radius 2 is 1.17 bits per heavy atom. The van der Waals surface area contributed by atoms with Crippen LogP contribution in [-0.4, -0.2) is 39.9 Å². The molecular formula is C21H40O7S. The van der Waals surface area contributed by atoms with E-state index in [1.54, 1.807) is 0 Å². The van der Waals surface area contributed by atoms with Crippen LogP contribution in [0, 0.1) is 5.92 Å². The molecule has 0 aromatic rings. The Morgan fingerprint density at radius 3 is 1.55 bits per heavy atom. The van der Waals surface area contributed by atoms with Gasteiger partial charge in [0.15, 0.2) is 0 Å². The highest BCUT2D eigenvalue weighted by atomic mass is 32.2. The molecule has 172 valence electrons. The van der Waals surface area contributed by atoms with Crippen LogP contribution in [0.1, 0.15) is 110 Å². The Kier molecular flexibility index (Phi) is 14.2. The molecule has 0 aliphatic heterocycles. The molecule has 0 saturated carbocycles. The molecule has 8 heteroatoms. The Balaban J connectivity index is 4.90. The summed E-state index contributed by atoms with van der Waals surface area (Å²) in [4.78, 5) is 23.7. The van der Waals surface area contributed by atoms with Crippen LogP contribution in [-0.2, 0) is 19.7 Å². The van der Waals surface area contributed by atoms with Gasteiger partial charge in [-0.2, -0.15) is 8.42 Å². The zero-order valence-corrected chi connectivity index (χ0v) is 18.9. The first-order valence-corrected chi connectivity index (χ1v) is 12.5. The van der Waals surface area contributed by atoms with Crippen LogP contribution in [0.25, 0.3) is 0 Å². The van der Waals surface area contributed by atoms with E-state index in [4.69, 9.17) is 0 Å². The van der Waals surface area contributed by atoms with Crippen LogP contribution in [0.2, 0.25) is 0 Å². The first-order chi connectivity index (χ1) is 13.6. The minimum absolute atomic E-state index is 0.0903. The summed E-state index contributed by atoms with van der Waals surface area (Å²) in [5.74, 6) is -4.94. The second-order valence-corrected chi connectivity index (χ2v) is 9.67. The molecule has 0 spiro atoms. The largest absolute Gasteiger partial charge is 0.481 e. The van der Waals surface area contributed by atoms with Gasteiger partial charge in [-0.05, 0) is 12.8 Å². The highest BCUT2D eigenvalue weighted by molar-refractivity contribution is 7.88. The van der Waals surface area contributed by atoms with Gasteiger partial charge in [0, 0.05) is 0 Å². The van der Waals surface area contributed by atoms with E-state index in [0.29, 0.717) is 19.3 Å². The summed E-state index contributed by atoms with van der Waals surface area (Å²) in [6.07, 6.45) is 11.2. The van der Waals surface area contributed by atoms with E-state index >= 15 is 0 Å². The molecule has 29 heavy (non-hydrogen) atoms. The number of unbranched alkanes of at least 4 members (excludes halogenated alkanes) is 11. The third-order valence-electron chi connectivity index (χ3n) is 5.68. The Labute approximate surface area is 176 Å². The molecule has 0 heterocycles. The number of aliphatic carboxylic acids is 2. The third kappa shape index (κ3) is 9.47. The molecule has 0 aromatic heterocycles. The number of carboxylic acids is 2. The highest BCUT2D eigenvalue weighted by Gasteiger charge is 2.58. The molecule has 0 saturated heterocycles. The number of carbonyl (C=O) groups is 2. The molecule has 0 radical (unpaired) electrons. The van der Waals surface area contributed by atoms with Crippen molar-refractivity contribution in [1.29, 1.82) is 0 Å². The van der Waals surface area contributed by atoms with Crippen LogP contribution in [0.4, 0.5) is 0 Å². The number of hydrogen-bond acceptors (Lipinski definition) is 4. The summed E-state index contributed by atoms with van der Waals surface area (Å²) in [5, 5.41) is 19.2. The van der Waals surface area contributed by atoms with Gasteiger partial charge in [-0.25, -0.2) is 0 Å². The summed E-state index contributed by atoms with van der Waals surface area (Å²) in [5.41, 5.74) is 0.